The van der Waals surface area contributed by atoms with Crippen LogP contribution in [0.3, 0.4) is 0 Å². The van der Waals surface area contributed by atoms with Gasteiger partial charge in [0.05, 0.1) is 26.6 Å². The van der Waals surface area contributed by atoms with Crippen molar-refractivity contribution in [2.75, 3.05) is 34.3 Å². The summed E-state index contributed by atoms with van der Waals surface area (Å²) in [5.74, 6) is 0.310. The molecule has 0 bridgehead atoms. The zero-order valence-corrected chi connectivity index (χ0v) is 16.6. The van der Waals surface area contributed by atoms with E-state index in [0.717, 1.165) is 36.7 Å². The van der Waals surface area contributed by atoms with Gasteiger partial charge in [-0.3, -0.25) is 4.79 Å². The Balaban J connectivity index is 4.83. The van der Waals surface area contributed by atoms with Gasteiger partial charge in [-0.15, -0.1) is 0 Å². The van der Waals surface area contributed by atoms with Crippen LogP contribution in [0.15, 0.2) is 0 Å². The number of likely N-dealkylation sites (N-methyl/N-ethyl adjacent to an activating group) is 1. The van der Waals surface area contributed by atoms with E-state index in [1.54, 1.807) is 0 Å². The predicted molar refractivity (Wildman–Crippen MR) is 94.7 cm³/mol. The average Bonchev–Trinajstić information content (AvgIpc) is 2.44. The lowest BCUT2D eigenvalue weighted by Gasteiger charge is -2.38. The number of quaternary nitrogens is 1. The molecule has 0 N–H and O–H groups in total. The second-order valence-corrected chi connectivity index (χ2v) is 8.54. The van der Waals surface area contributed by atoms with E-state index in [1.165, 1.54) is 0 Å². The highest BCUT2D eigenvalue weighted by Crippen LogP contribution is 2.42. The summed E-state index contributed by atoms with van der Waals surface area (Å²) in [6.07, 6.45) is 4.23. The lowest BCUT2D eigenvalue weighted by atomic mass is 9.67. The van der Waals surface area contributed by atoms with Crippen molar-refractivity contribution >= 4 is 5.97 Å². The van der Waals surface area contributed by atoms with Gasteiger partial charge in [-0.1, -0.05) is 47.5 Å². The lowest BCUT2D eigenvalue weighted by Crippen LogP contribution is -2.41. The van der Waals surface area contributed by atoms with Crippen LogP contribution >= 0.6 is 0 Å². The Morgan fingerprint density at radius 2 is 1.55 bits per heavy atom. The molecule has 0 rings (SSSR count). The molecule has 0 radical (unpaired) electrons. The molecular weight excluding hydrogens is 274 g/mol. The Bertz CT molecular complexity index is 342. The van der Waals surface area contributed by atoms with Gasteiger partial charge in [-0.05, 0) is 31.1 Å². The topological polar surface area (TPSA) is 26.3 Å². The first-order chi connectivity index (χ1) is 9.94. The zero-order chi connectivity index (χ0) is 17.6. The first kappa shape index (κ1) is 21.4. The van der Waals surface area contributed by atoms with Crippen molar-refractivity contribution in [3.05, 3.63) is 0 Å². The molecule has 0 aliphatic rings. The summed E-state index contributed by atoms with van der Waals surface area (Å²) in [6.45, 7) is 14.6. The number of esters is 1. The number of hydrogen-bond donors (Lipinski definition) is 0. The summed E-state index contributed by atoms with van der Waals surface area (Å²) in [7, 11) is 6.34. The molecule has 0 aromatic heterocycles. The average molecular weight is 315 g/mol. The second-order valence-electron chi connectivity index (χ2n) is 8.54. The largest absolute Gasteiger partial charge is 0.459 e. The Labute approximate surface area is 139 Å². The van der Waals surface area contributed by atoms with Crippen LogP contribution in [0.25, 0.3) is 0 Å². The summed E-state index contributed by atoms with van der Waals surface area (Å²) in [4.78, 5) is 12.7. The van der Waals surface area contributed by atoms with Crippen molar-refractivity contribution in [3.8, 4) is 0 Å². The van der Waals surface area contributed by atoms with Crippen LogP contribution in [0, 0.1) is 16.7 Å². The number of carbonyl (C=O) groups excluding carboxylic acids is 1. The molecule has 0 spiro atoms. The molecule has 0 saturated heterocycles. The molecule has 2 unspecified atom stereocenters. The van der Waals surface area contributed by atoms with E-state index in [9.17, 15) is 4.79 Å². The van der Waals surface area contributed by atoms with Crippen LogP contribution in [-0.4, -0.2) is 44.7 Å². The Hall–Kier alpha value is -0.570. The fourth-order valence-corrected chi connectivity index (χ4v) is 2.77. The van der Waals surface area contributed by atoms with E-state index < -0.39 is 0 Å². The number of hydrogen-bond acceptors (Lipinski definition) is 2. The fraction of sp³-hybridized carbons (Fsp3) is 0.947. The Morgan fingerprint density at radius 3 is 1.91 bits per heavy atom. The maximum atomic E-state index is 12.7. The minimum atomic E-state index is -0.378. The van der Waals surface area contributed by atoms with Gasteiger partial charge in [-0.2, -0.15) is 0 Å². The molecule has 0 aromatic rings. The summed E-state index contributed by atoms with van der Waals surface area (Å²) in [5.41, 5.74) is -0.0606. The molecule has 0 saturated carbocycles. The smallest absolute Gasteiger partial charge is 0.312 e. The number of carbonyl (C=O) groups is 1. The number of nitrogens with zero attached hydrogens (tertiary/aromatic N) is 1. The third-order valence-electron chi connectivity index (χ3n) is 5.79. The molecule has 3 heteroatoms. The van der Waals surface area contributed by atoms with Gasteiger partial charge in [0.25, 0.3) is 0 Å². The van der Waals surface area contributed by atoms with Gasteiger partial charge in [-0.25, -0.2) is 0 Å². The van der Waals surface area contributed by atoms with Crippen LogP contribution in [0.4, 0.5) is 0 Å². The van der Waals surface area contributed by atoms with Crippen molar-refractivity contribution in [2.45, 2.75) is 67.2 Å². The standard InChI is InChI=1S/C19H40NO2/c1-10-18(5,11-2)15-16(4)19(6,12-3)17(21)22-14-13-20(7,8)9/h16H,10-15H2,1-9H3/q+1. The van der Waals surface area contributed by atoms with Gasteiger partial charge in [0, 0.05) is 0 Å². The first-order valence-corrected chi connectivity index (χ1v) is 8.91. The van der Waals surface area contributed by atoms with E-state index in [2.05, 4.69) is 62.7 Å². The number of rotatable bonds is 10. The molecule has 132 valence electrons. The van der Waals surface area contributed by atoms with Crippen molar-refractivity contribution in [1.29, 1.82) is 0 Å². The summed E-state index contributed by atoms with van der Waals surface area (Å²) in [5, 5.41) is 0. The van der Waals surface area contributed by atoms with E-state index in [-0.39, 0.29) is 11.4 Å². The highest BCUT2D eigenvalue weighted by atomic mass is 16.5. The maximum absolute atomic E-state index is 12.7. The molecule has 0 aliphatic carbocycles. The number of ether oxygens (including phenoxy) is 1. The van der Waals surface area contributed by atoms with Crippen LogP contribution in [0.5, 0.6) is 0 Å². The molecule has 0 fully saturated rings. The Morgan fingerprint density at radius 1 is 1.05 bits per heavy atom. The normalized spacial score (nSPS) is 17.0. The van der Waals surface area contributed by atoms with Gasteiger partial charge in [0.2, 0.25) is 0 Å². The molecule has 3 nitrogen and oxygen atoms in total. The predicted octanol–water partition coefficient (Wildman–Crippen LogP) is 4.50. The quantitative estimate of drug-likeness (QED) is 0.438. The van der Waals surface area contributed by atoms with Gasteiger partial charge in [0.15, 0.2) is 0 Å². The molecule has 22 heavy (non-hydrogen) atoms. The fourth-order valence-electron chi connectivity index (χ4n) is 2.77. The van der Waals surface area contributed by atoms with Crippen molar-refractivity contribution in [2.24, 2.45) is 16.7 Å². The molecule has 2 atom stereocenters. The SMILES string of the molecule is CCC(C)(CC)CC(C)C(C)(CC)C(=O)OCC[N+](C)(C)C. The van der Waals surface area contributed by atoms with Gasteiger partial charge >= 0.3 is 5.97 Å². The van der Waals surface area contributed by atoms with Crippen molar-refractivity contribution < 1.29 is 14.0 Å². The van der Waals surface area contributed by atoms with Crippen LogP contribution < -0.4 is 0 Å². The van der Waals surface area contributed by atoms with Gasteiger partial charge in [0.1, 0.15) is 13.2 Å². The van der Waals surface area contributed by atoms with Gasteiger partial charge < -0.3 is 9.22 Å². The van der Waals surface area contributed by atoms with Crippen LogP contribution in [0.1, 0.15) is 67.2 Å². The summed E-state index contributed by atoms with van der Waals surface area (Å²) in [6, 6.07) is 0. The molecule has 0 amide bonds. The minimum absolute atomic E-state index is 0.0227. The molecule has 0 aromatic carbocycles. The highest BCUT2D eigenvalue weighted by molar-refractivity contribution is 5.76. The Kier molecular flexibility index (Phi) is 8.11. The zero-order valence-electron chi connectivity index (χ0n) is 16.6. The highest BCUT2D eigenvalue weighted by Gasteiger charge is 2.41. The second kappa shape index (κ2) is 8.33. The van der Waals surface area contributed by atoms with Crippen molar-refractivity contribution in [3.63, 3.8) is 0 Å². The third kappa shape index (κ3) is 6.28. The van der Waals surface area contributed by atoms with E-state index >= 15 is 0 Å². The summed E-state index contributed by atoms with van der Waals surface area (Å²) < 4.78 is 6.44. The van der Waals surface area contributed by atoms with Crippen LogP contribution in [0.2, 0.25) is 0 Å². The van der Waals surface area contributed by atoms with Crippen molar-refractivity contribution in [1.82, 2.24) is 0 Å². The van der Waals surface area contributed by atoms with E-state index in [4.69, 9.17) is 4.74 Å². The third-order valence-corrected chi connectivity index (χ3v) is 5.79. The molecular formula is C19H40NO2+. The first-order valence-electron chi connectivity index (χ1n) is 8.91. The summed E-state index contributed by atoms with van der Waals surface area (Å²) >= 11 is 0. The van der Waals surface area contributed by atoms with Crippen LogP contribution in [-0.2, 0) is 9.53 Å². The lowest BCUT2D eigenvalue weighted by molar-refractivity contribution is -0.870. The minimum Gasteiger partial charge on any atom is -0.459 e. The molecule has 0 heterocycles. The van der Waals surface area contributed by atoms with E-state index in [0.29, 0.717) is 17.9 Å². The molecule has 0 aliphatic heterocycles. The maximum Gasteiger partial charge on any atom is 0.312 e. The monoisotopic (exact) mass is 314 g/mol. The van der Waals surface area contributed by atoms with E-state index in [1.807, 2.05) is 0 Å².